The van der Waals surface area contributed by atoms with Crippen molar-refractivity contribution in [3.63, 3.8) is 0 Å². The molecule has 2 aromatic heterocycles. The van der Waals surface area contributed by atoms with Crippen LogP contribution in [-0.4, -0.2) is 31.9 Å². The number of hydrogen-bond donors (Lipinski definition) is 1. The summed E-state index contributed by atoms with van der Waals surface area (Å²) in [4.78, 5) is 16.1. The predicted octanol–water partition coefficient (Wildman–Crippen LogP) is 2.73. The zero-order valence-corrected chi connectivity index (χ0v) is 15.3. The van der Waals surface area contributed by atoms with Crippen LogP contribution in [0.2, 0.25) is 0 Å². The van der Waals surface area contributed by atoms with Crippen LogP contribution >= 0.6 is 0 Å². The average molecular weight is 369 g/mol. The zero-order chi connectivity index (χ0) is 19.4. The van der Waals surface area contributed by atoms with Crippen molar-refractivity contribution < 1.29 is 13.9 Å². The van der Waals surface area contributed by atoms with Gasteiger partial charge >= 0.3 is 0 Å². The van der Waals surface area contributed by atoms with Gasteiger partial charge in [-0.1, -0.05) is 5.21 Å². The number of benzene rings is 1. The Labute approximate surface area is 156 Å². The molecule has 27 heavy (non-hydrogen) atoms. The van der Waals surface area contributed by atoms with E-state index in [-0.39, 0.29) is 24.4 Å². The van der Waals surface area contributed by atoms with Crippen LogP contribution in [0.25, 0.3) is 11.3 Å². The number of ether oxygens (including phenoxy) is 1. The molecule has 0 unspecified atom stereocenters. The van der Waals surface area contributed by atoms with Gasteiger partial charge in [-0.2, -0.15) is 0 Å². The minimum Gasteiger partial charge on any atom is -0.471 e. The average Bonchev–Trinajstić information content (AvgIpc) is 3.01. The summed E-state index contributed by atoms with van der Waals surface area (Å²) in [6.45, 7) is 3.97. The molecule has 140 valence electrons. The number of pyridine rings is 1. The molecule has 1 N–H and O–H groups in total. The van der Waals surface area contributed by atoms with E-state index in [2.05, 4.69) is 20.6 Å². The third-order valence-electron chi connectivity index (χ3n) is 3.84. The molecule has 1 amide bonds. The van der Waals surface area contributed by atoms with Crippen LogP contribution in [-0.2, 0) is 13.7 Å². The highest BCUT2D eigenvalue weighted by Gasteiger charge is 2.14. The number of nitrogens with one attached hydrogen (secondary N) is 1. The number of amides is 1. The Hall–Kier alpha value is -3.29. The van der Waals surface area contributed by atoms with Gasteiger partial charge in [-0.25, -0.2) is 14.1 Å². The lowest BCUT2D eigenvalue weighted by molar-refractivity contribution is 0.0942. The molecule has 3 rings (SSSR count). The normalized spacial score (nSPS) is 10.9. The molecule has 7 nitrogen and oxygen atoms in total. The standard InChI is InChI=1S/C19H20FN5O2/c1-12(2)22-19(26)14-6-9-17(21-10-14)27-11-16-18(23-24-25(16)3)13-4-7-15(20)8-5-13/h4-10,12H,11H2,1-3H3,(H,22,26). The molecule has 0 atom stereocenters. The Bertz CT molecular complexity index is 920. The molecule has 1 aromatic carbocycles. The summed E-state index contributed by atoms with van der Waals surface area (Å²) < 4.78 is 20.4. The summed E-state index contributed by atoms with van der Waals surface area (Å²) in [7, 11) is 1.76. The summed E-state index contributed by atoms with van der Waals surface area (Å²) in [5.41, 5.74) is 2.55. The van der Waals surface area contributed by atoms with Crippen molar-refractivity contribution in [3.05, 3.63) is 59.7 Å². The molecule has 0 saturated heterocycles. The number of rotatable bonds is 6. The zero-order valence-electron chi connectivity index (χ0n) is 15.3. The number of carbonyl (C=O) groups excluding carboxylic acids is 1. The summed E-state index contributed by atoms with van der Waals surface area (Å²) in [5, 5.41) is 10.9. The van der Waals surface area contributed by atoms with Gasteiger partial charge in [0.25, 0.3) is 5.91 Å². The van der Waals surface area contributed by atoms with E-state index in [4.69, 9.17) is 4.74 Å². The maximum absolute atomic E-state index is 13.1. The first-order chi connectivity index (χ1) is 12.9. The summed E-state index contributed by atoms with van der Waals surface area (Å²) in [5.74, 6) is -0.118. The monoisotopic (exact) mass is 369 g/mol. The molecule has 0 aliphatic carbocycles. The van der Waals surface area contributed by atoms with Gasteiger partial charge in [-0.05, 0) is 44.2 Å². The molecule has 0 fully saturated rings. The Kier molecular flexibility index (Phi) is 5.44. The van der Waals surface area contributed by atoms with Crippen LogP contribution in [0.3, 0.4) is 0 Å². The number of carbonyl (C=O) groups is 1. The van der Waals surface area contributed by atoms with E-state index >= 15 is 0 Å². The first-order valence-electron chi connectivity index (χ1n) is 8.48. The van der Waals surface area contributed by atoms with Crippen LogP contribution in [0.15, 0.2) is 42.6 Å². The van der Waals surface area contributed by atoms with Crippen molar-refractivity contribution in [3.8, 4) is 17.1 Å². The maximum Gasteiger partial charge on any atom is 0.253 e. The minimum atomic E-state index is -0.314. The van der Waals surface area contributed by atoms with E-state index in [1.165, 1.54) is 18.3 Å². The second-order valence-corrected chi connectivity index (χ2v) is 6.32. The third kappa shape index (κ3) is 4.46. The van der Waals surface area contributed by atoms with Crippen molar-refractivity contribution >= 4 is 5.91 Å². The first kappa shape index (κ1) is 18.5. The van der Waals surface area contributed by atoms with Crippen molar-refractivity contribution in [1.82, 2.24) is 25.3 Å². The Morgan fingerprint density at radius 3 is 2.59 bits per heavy atom. The van der Waals surface area contributed by atoms with Gasteiger partial charge in [0.2, 0.25) is 5.88 Å². The van der Waals surface area contributed by atoms with E-state index < -0.39 is 0 Å². The Morgan fingerprint density at radius 1 is 1.22 bits per heavy atom. The van der Waals surface area contributed by atoms with Gasteiger partial charge in [0.15, 0.2) is 0 Å². The van der Waals surface area contributed by atoms with E-state index in [1.54, 1.807) is 36.0 Å². The fourth-order valence-electron chi connectivity index (χ4n) is 2.46. The van der Waals surface area contributed by atoms with E-state index in [0.29, 0.717) is 17.1 Å². The van der Waals surface area contributed by atoms with Gasteiger partial charge in [0.05, 0.1) is 5.56 Å². The maximum atomic E-state index is 13.1. The number of nitrogens with zero attached hydrogens (tertiary/aromatic N) is 4. The number of hydrogen-bond acceptors (Lipinski definition) is 5. The molecule has 3 aromatic rings. The van der Waals surface area contributed by atoms with Crippen LogP contribution in [0.5, 0.6) is 5.88 Å². The first-order valence-corrected chi connectivity index (χ1v) is 8.48. The van der Waals surface area contributed by atoms with Crippen molar-refractivity contribution in [2.24, 2.45) is 7.05 Å². The van der Waals surface area contributed by atoms with Crippen molar-refractivity contribution in [1.29, 1.82) is 0 Å². The smallest absolute Gasteiger partial charge is 0.253 e. The summed E-state index contributed by atoms with van der Waals surface area (Å²) in [6.07, 6.45) is 1.47. The lowest BCUT2D eigenvalue weighted by Gasteiger charge is -2.09. The fourth-order valence-corrected chi connectivity index (χ4v) is 2.46. The predicted molar refractivity (Wildman–Crippen MR) is 97.6 cm³/mol. The molecule has 8 heteroatoms. The van der Waals surface area contributed by atoms with Crippen LogP contribution < -0.4 is 10.1 Å². The van der Waals surface area contributed by atoms with E-state index in [9.17, 15) is 9.18 Å². The molecule has 0 aliphatic heterocycles. The van der Waals surface area contributed by atoms with Crippen LogP contribution in [0.1, 0.15) is 29.9 Å². The fraction of sp³-hybridized carbons (Fsp3) is 0.263. The highest BCUT2D eigenvalue weighted by Crippen LogP contribution is 2.22. The lowest BCUT2D eigenvalue weighted by atomic mass is 10.1. The van der Waals surface area contributed by atoms with E-state index in [1.807, 2.05) is 13.8 Å². The third-order valence-corrected chi connectivity index (χ3v) is 3.84. The second-order valence-electron chi connectivity index (χ2n) is 6.32. The molecule has 0 radical (unpaired) electrons. The molecule has 0 bridgehead atoms. The number of aromatic nitrogens is 4. The van der Waals surface area contributed by atoms with Gasteiger partial charge in [-0.15, -0.1) is 5.10 Å². The minimum absolute atomic E-state index is 0.0515. The SMILES string of the molecule is CC(C)NC(=O)c1ccc(OCc2c(-c3ccc(F)cc3)nnn2C)nc1. The topological polar surface area (TPSA) is 81.9 Å². The summed E-state index contributed by atoms with van der Waals surface area (Å²) >= 11 is 0. The van der Waals surface area contributed by atoms with Gasteiger partial charge < -0.3 is 10.1 Å². The molecule has 0 aliphatic rings. The van der Waals surface area contributed by atoms with Gasteiger partial charge in [0.1, 0.15) is 23.8 Å². The van der Waals surface area contributed by atoms with E-state index in [0.717, 1.165) is 11.3 Å². The molecule has 0 saturated carbocycles. The van der Waals surface area contributed by atoms with Crippen LogP contribution in [0.4, 0.5) is 4.39 Å². The van der Waals surface area contributed by atoms with Gasteiger partial charge in [0, 0.05) is 30.9 Å². The lowest BCUT2D eigenvalue weighted by Crippen LogP contribution is -2.30. The Balaban J connectivity index is 1.71. The highest BCUT2D eigenvalue weighted by atomic mass is 19.1. The Morgan fingerprint density at radius 2 is 1.96 bits per heavy atom. The molecule has 2 heterocycles. The molecular weight excluding hydrogens is 349 g/mol. The molecular formula is C19H20FN5O2. The van der Waals surface area contributed by atoms with Gasteiger partial charge in [-0.3, -0.25) is 4.79 Å². The quantitative estimate of drug-likeness (QED) is 0.722. The number of aryl methyl sites for hydroxylation is 1. The number of halogens is 1. The largest absolute Gasteiger partial charge is 0.471 e. The van der Waals surface area contributed by atoms with Crippen molar-refractivity contribution in [2.75, 3.05) is 0 Å². The summed E-state index contributed by atoms with van der Waals surface area (Å²) in [6, 6.07) is 9.37. The highest BCUT2D eigenvalue weighted by molar-refractivity contribution is 5.94. The van der Waals surface area contributed by atoms with Crippen molar-refractivity contribution in [2.45, 2.75) is 26.5 Å². The molecule has 0 spiro atoms. The van der Waals surface area contributed by atoms with Crippen LogP contribution in [0, 0.1) is 5.82 Å². The second kappa shape index (κ2) is 7.94.